The van der Waals surface area contributed by atoms with Crippen LogP contribution < -0.4 is 5.32 Å². The normalized spacial score (nSPS) is 17.8. The minimum atomic E-state index is 0.0294. The lowest BCUT2D eigenvalue weighted by molar-refractivity contribution is 0.194. The summed E-state index contributed by atoms with van der Waals surface area (Å²) in [5, 5.41) is 6.91. The van der Waals surface area contributed by atoms with Crippen LogP contribution in [0.15, 0.2) is 4.52 Å². The van der Waals surface area contributed by atoms with Gasteiger partial charge in [-0.15, -0.1) is 0 Å². The van der Waals surface area contributed by atoms with Crippen molar-refractivity contribution in [3.8, 4) is 0 Å². The van der Waals surface area contributed by atoms with E-state index in [1.807, 2.05) is 30.5 Å². The topological polar surface area (TPSA) is 71.3 Å². The van der Waals surface area contributed by atoms with E-state index >= 15 is 0 Å². The van der Waals surface area contributed by atoms with Crippen LogP contribution in [0.2, 0.25) is 0 Å². The summed E-state index contributed by atoms with van der Waals surface area (Å²) in [5.74, 6) is 2.67. The molecule has 1 aliphatic heterocycles. The molecule has 2 heterocycles. The zero-order valence-electron chi connectivity index (χ0n) is 13.9. The van der Waals surface area contributed by atoms with Crippen LogP contribution in [0.3, 0.4) is 0 Å². The fourth-order valence-electron chi connectivity index (χ4n) is 2.34. The first kappa shape index (κ1) is 17.1. The van der Waals surface area contributed by atoms with Crippen molar-refractivity contribution in [1.82, 2.24) is 20.4 Å². The summed E-state index contributed by atoms with van der Waals surface area (Å²) in [6.45, 7) is 10.7. The molecule has 2 amide bonds. The van der Waals surface area contributed by atoms with Crippen molar-refractivity contribution >= 4 is 17.8 Å². The highest BCUT2D eigenvalue weighted by Gasteiger charge is 2.29. The SMILES string of the molecule is CC(C)c1noc(CCCNC(=O)N2CCSC(C)(C)C2)n1. The lowest BCUT2D eigenvalue weighted by Crippen LogP contribution is -2.50. The summed E-state index contributed by atoms with van der Waals surface area (Å²) in [6.07, 6.45) is 1.50. The van der Waals surface area contributed by atoms with Crippen molar-refractivity contribution in [1.29, 1.82) is 0 Å². The summed E-state index contributed by atoms with van der Waals surface area (Å²) in [7, 11) is 0. The van der Waals surface area contributed by atoms with Gasteiger partial charge in [-0.05, 0) is 20.3 Å². The minimum Gasteiger partial charge on any atom is -0.339 e. The second kappa shape index (κ2) is 7.35. The van der Waals surface area contributed by atoms with Crippen LogP contribution in [-0.2, 0) is 6.42 Å². The number of carbonyl (C=O) groups excluding carboxylic acids is 1. The van der Waals surface area contributed by atoms with Gasteiger partial charge in [0, 0.05) is 42.5 Å². The lowest BCUT2D eigenvalue weighted by Gasteiger charge is -2.37. The van der Waals surface area contributed by atoms with Gasteiger partial charge < -0.3 is 14.7 Å². The van der Waals surface area contributed by atoms with Crippen LogP contribution in [0.5, 0.6) is 0 Å². The average Bonchev–Trinajstić information content (AvgIpc) is 2.91. The van der Waals surface area contributed by atoms with E-state index in [0.717, 1.165) is 31.1 Å². The number of carbonyl (C=O) groups is 1. The van der Waals surface area contributed by atoms with E-state index in [1.54, 1.807) is 0 Å². The maximum absolute atomic E-state index is 12.1. The number of rotatable bonds is 5. The molecule has 1 aromatic heterocycles. The highest BCUT2D eigenvalue weighted by atomic mass is 32.2. The summed E-state index contributed by atoms with van der Waals surface area (Å²) >= 11 is 1.92. The zero-order chi connectivity index (χ0) is 16.2. The van der Waals surface area contributed by atoms with E-state index in [9.17, 15) is 4.79 Å². The third-order valence-electron chi connectivity index (χ3n) is 3.56. The molecule has 0 atom stereocenters. The molecule has 1 fully saturated rings. The molecule has 0 radical (unpaired) electrons. The van der Waals surface area contributed by atoms with E-state index in [1.165, 1.54) is 0 Å². The van der Waals surface area contributed by atoms with E-state index in [-0.39, 0.29) is 16.7 Å². The number of aromatic nitrogens is 2. The molecular weight excluding hydrogens is 300 g/mol. The minimum absolute atomic E-state index is 0.0294. The molecule has 7 heteroatoms. The zero-order valence-corrected chi connectivity index (χ0v) is 14.7. The van der Waals surface area contributed by atoms with E-state index in [4.69, 9.17) is 4.52 Å². The Bertz CT molecular complexity index is 501. The third kappa shape index (κ3) is 4.90. The quantitative estimate of drug-likeness (QED) is 0.842. The van der Waals surface area contributed by atoms with Gasteiger partial charge in [0.2, 0.25) is 5.89 Å². The van der Waals surface area contributed by atoms with Gasteiger partial charge in [0.1, 0.15) is 0 Å². The molecule has 1 saturated heterocycles. The van der Waals surface area contributed by atoms with Gasteiger partial charge in [-0.1, -0.05) is 19.0 Å². The molecule has 124 valence electrons. The maximum atomic E-state index is 12.1. The lowest BCUT2D eigenvalue weighted by atomic mass is 10.2. The number of thioether (sulfide) groups is 1. The number of hydrogen-bond donors (Lipinski definition) is 1. The number of amides is 2. The second-order valence-electron chi connectivity index (χ2n) is 6.57. The van der Waals surface area contributed by atoms with Crippen LogP contribution in [0.4, 0.5) is 4.79 Å². The van der Waals surface area contributed by atoms with Crippen molar-refractivity contribution in [3.05, 3.63) is 11.7 Å². The average molecular weight is 326 g/mol. The number of aryl methyl sites for hydroxylation is 1. The molecule has 0 unspecified atom stereocenters. The predicted molar refractivity (Wildman–Crippen MR) is 88.2 cm³/mol. The number of urea groups is 1. The first-order chi connectivity index (χ1) is 10.4. The van der Waals surface area contributed by atoms with Crippen molar-refractivity contribution < 1.29 is 9.32 Å². The summed E-state index contributed by atoms with van der Waals surface area (Å²) < 4.78 is 5.34. The summed E-state index contributed by atoms with van der Waals surface area (Å²) in [4.78, 5) is 18.4. The van der Waals surface area contributed by atoms with E-state index in [2.05, 4.69) is 29.3 Å². The highest BCUT2D eigenvalue weighted by Crippen LogP contribution is 2.29. The number of nitrogens with zero attached hydrogens (tertiary/aromatic N) is 3. The standard InChI is InChI=1S/C15H26N4O2S/c1-11(2)13-17-12(21-18-13)6-5-7-16-14(20)19-8-9-22-15(3,4)10-19/h11H,5-10H2,1-4H3,(H,16,20). The molecule has 6 nitrogen and oxygen atoms in total. The molecular formula is C15H26N4O2S. The molecule has 1 aromatic rings. The van der Waals surface area contributed by atoms with Crippen molar-refractivity contribution in [2.75, 3.05) is 25.4 Å². The Morgan fingerprint density at radius 1 is 1.50 bits per heavy atom. The number of nitrogens with one attached hydrogen (secondary N) is 1. The van der Waals surface area contributed by atoms with Gasteiger partial charge in [-0.3, -0.25) is 0 Å². The van der Waals surface area contributed by atoms with Crippen LogP contribution in [-0.4, -0.2) is 51.2 Å². The van der Waals surface area contributed by atoms with Crippen LogP contribution >= 0.6 is 11.8 Å². The van der Waals surface area contributed by atoms with Crippen LogP contribution in [0, 0.1) is 0 Å². The fourth-order valence-corrected chi connectivity index (χ4v) is 3.45. The summed E-state index contributed by atoms with van der Waals surface area (Å²) in [5.41, 5.74) is 0. The monoisotopic (exact) mass is 326 g/mol. The molecule has 0 spiro atoms. The van der Waals surface area contributed by atoms with Crippen LogP contribution in [0.25, 0.3) is 0 Å². The molecule has 22 heavy (non-hydrogen) atoms. The Labute approximate surface area is 136 Å². The van der Waals surface area contributed by atoms with Gasteiger partial charge in [-0.25, -0.2) is 4.79 Å². The van der Waals surface area contributed by atoms with Gasteiger partial charge in [0.25, 0.3) is 0 Å². The second-order valence-corrected chi connectivity index (χ2v) is 8.37. The molecule has 1 aliphatic rings. The van der Waals surface area contributed by atoms with E-state index < -0.39 is 0 Å². The Balaban J connectivity index is 1.68. The smallest absolute Gasteiger partial charge is 0.317 e. The van der Waals surface area contributed by atoms with Crippen LogP contribution in [0.1, 0.15) is 51.7 Å². The van der Waals surface area contributed by atoms with Crippen molar-refractivity contribution in [2.24, 2.45) is 0 Å². The Morgan fingerprint density at radius 2 is 2.27 bits per heavy atom. The van der Waals surface area contributed by atoms with Crippen molar-refractivity contribution in [3.63, 3.8) is 0 Å². The van der Waals surface area contributed by atoms with Gasteiger partial charge in [0.05, 0.1) is 0 Å². The fraction of sp³-hybridized carbons (Fsp3) is 0.800. The first-order valence-corrected chi connectivity index (χ1v) is 8.85. The Kier molecular flexibility index (Phi) is 5.72. The van der Waals surface area contributed by atoms with Gasteiger partial charge in [-0.2, -0.15) is 16.7 Å². The predicted octanol–water partition coefficient (Wildman–Crippen LogP) is 2.66. The maximum Gasteiger partial charge on any atom is 0.317 e. The van der Waals surface area contributed by atoms with Gasteiger partial charge in [0.15, 0.2) is 5.82 Å². The Hall–Kier alpha value is -1.24. The largest absolute Gasteiger partial charge is 0.339 e. The van der Waals surface area contributed by atoms with Crippen molar-refractivity contribution in [2.45, 2.75) is 51.2 Å². The summed E-state index contributed by atoms with van der Waals surface area (Å²) in [6, 6.07) is 0.0294. The molecule has 0 aromatic carbocycles. The Morgan fingerprint density at radius 3 is 2.91 bits per heavy atom. The van der Waals surface area contributed by atoms with Gasteiger partial charge >= 0.3 is 6.03 Å². The van der Waals surface area contributed by atoms with E-state index in [0.29, 0.717) is 18.9 Å². The molecule has 0 aliphatic carbocycles. The molecule has 0 bridgehead atoms. The third-order valence-corrected chi connectivity index (χ3v) is 4.85. The highest BCUT2D eigenvalue weighted by molar-refractivity contribution is 8.00. The molecule has 2 rings (SSSR count). The molecule has 1 N–H and O–H groups in total. The number of hydrogen-bond acceptors (Lipinski definition) is 5. The molecule has 0 saturated carbocycles. The first-order valence-electron chi connectivity index (χ1n) is 7.86.